The first-order valence-electron chi connectivity index (χ1n) is 5.20. The summed E-state index contributed by atoms with van der Waals surface area (Å²) in [5.74, 6) is 0.521. The molecule has 0 bridgehead atoms. The maximum Gasteiger partial charge on any atom is 0.0471 e. The topological polar surface area (TPSA) is 23.5 Å². The Morgan fingerprint density at radius 3 is 2.50 bits per heavy atom. The van der Waals surface area contributed by atoms with Crippen LogP contribution in [0.1, 0.15) is 32.6 Å². The fourth-order valence-electron chi connectivity index (χ4n) is 1.98. The predicted molar refractivity (Wildman–Crippen MR) is 51.2 cm³/mol. The lowest BCUT2D eigenvalue weighted by Gasteiger charge is -2.21. The van der Waals surface area contributed by atoms with Gasteiger partial charge in [-0.15, -0.1) is 0 Å². The first kappa shape index (κ1) is 10.0. The summed E-state index contributed by atoms with van der Waals surface area (Å²) in [5.41, 5.74) is 0. The van der Waals surface area contributed by atoms with E-state index in [-0.39, 0.29) is 0 Å². The highest BCUT2D eigenvalue weighted by molar-refractivity contribution is 4.70. The first-order valence-corrected chi connectivity index (χ1v) is 5.20. The van der Waals surface area contributed by atoms with Crippen molar-refractivity contribution in [2.45, 2.75) is 32.6 Å². The minimum Gasteiger partial charge on any atom is -0.396 e. The van der Waals surface area contributed by atoms with Gasteiger partial charge in [-0.2, -0.15) is 0 Å². The number of aliphatic hydroxyl groups excluding tert-OH is 1. The van der Waals surface area contributed by atoms with E-state index in [1.807, 2.05) is 0 Å². The van der Waals surface area contributed by atoms with Crippen LogP contribution in [0.5, 0.6) is 0 Å². The van der Waals surface area contributed by atoms with E-state index in [1.54, 1.807) is 0 Å². The second-order valence-corrected chi connectivity index (χ2v) is 3.84. The molecule has 72 valence electrons. The van der Waals surface area contributed by atoms with Gasteiger partial charge in [-0.25, -0.2) is 0 Å². The van der Waals surface area contributed by atoms with Crippen LogP contribution in [-0.2, 0) is 0 Å². The molecule has 0 spiro atoms. The second kappa shape index (κ2) is 5.55. The van der Waals surface area contributed by atoms with Crippen LogP contribution in [0, 0.1) is 5.92 Å². The zero-order chi connectivity index (χ0) is 8.81. The van der Waals surface area contributed by atoms with E-state index >= 15 is 0 Å². The van der Waals surface area contributed by atoms with E-state index in [2.05, 4.69) is 11.8 Å². The quantitative estimate of drug-likeness (QED) is 0.677. The Morgan fingerprint density at radius 2 is 2.00 bits per heavy atom. The lowest BCUT2D eigenvalue weighted by molar-refractivity contribution is 0.171. The SMILES string of the molecule is CCCC(CO)CN1CCCC1. The van der Waals surface area contributed by atoms with Gasteiger partial charge in [0.25, 0.3) is 0 Å². The highest BCUT2D eigenvalue weighted by Gasteiger charge is 2.15. The summed E-state index contributed by atoms with van der Waals surface area (Å²) in [6.07, 6.45) is 5.07. The van der Waals surface area contributed by atoms with Gasteiger partial charge in [-0.3, -0.25) is 0 Å². The summed E-state index contributed by atoms with van der Waals surface area (Å²) in [5, 5.41) is 9.09. The van der Waals surface area contributed by atoms with Crippen molar-refractivity contribution in [3.05, 3.63) is 0 Å². The number of rotatable bonds is 5. The summed E-state index contributed by atoms with van der Waals surface area (Å²) in [4.78, 5) is 2.48. The highest BCUT2D eigenvalue weighted by Crippen LogP contribution is 2.13. The molecule has 1 aliphatic heterocycles. The van der Waals surface area contributed by atoms with Crippen LogP contribution in [0.25, 0.3) is 0 Å². The molecule has 2 heteroatoms. The molecule has 1 rings (SSSR count). The van der Waals surface area contributed by atoms with Crippen LogP contribution >= 0.6 is 0 Å². The Labute approximate surface area is 75.6 Å². The molecular weight excluding hydrogens is 150 g/mol. The molecule has 0 aromatic rings. The van der Waals surface area contributed by atoms with Gasteiger partial charge >= 0.3 is 0 Å². The van der Waals surface area contributed by atoms with Gasteiger partial charge in [0.05, 0.1) is 0 Å². The van der Waals surface area contributed by atoms with Crippen LogP contribution in [-0.4, -0.2) is 36.2 Å². The largest absolute Gasteiger partial charge is 0.396 e. The van der Waals surface area contributed by atoms with Gasteiger partial charge in [0, 0.05) is 13.2 Å². The Kier molecular flexibility index (Phi) is 4.62. The van der Waals surface area contributed by atoms with Gasteiger partial charge in [0.1, 0.15) is 0 Å². The molecule has 1 saturated heterocycles. The molecule has 2 nitrogen and oxygen atoms in total. The summed E-state index contributed by atoms with van der Waals surface area (Å²) < 4.78 is 0. The first-order chi connectivity index (χ1) is 5.86. The van der Waals surface area contributed by atoms with Crippen LogP contribution in [0.4, 0.5) is 0 Å². The van der Waals surface area contributed by atoms with Crippen molar-refractivity contribution < 1.29 is 5.11 Å². The molecule has 12 heavy (non-hydrogen) atoms. The summed E-state index contributed by atoms with van der Waals surface area (Å²) in [6, 6.07) is 0. The number of nitrogens with zero attached hydrogens (tertiary/aromatic N) is 1. The van der Waals surface area contributed by atoms with Crippen LogP contribution in [0.15, 0.2) is 0 Å². The van der Waals surface area contributed by atoms with E-state index in [4.69, 9.17) is 5.11 Å². The lowest BCUT2D eigenvalue weighted by Crippen LogP contribution is -2.28. The van der Waals surface area contributed by atoms with Crippen molar-refractivity contribution in [2.75, 3.05) is 26.2 Å². The van der Waals surface area contributed by atoms with Crippen LogP contribution in [0.2, 0.25) is 0 Å². The van der Waals surface area contributed by atoms with Gasteiger partial charge in [-0.05, 0) is 38.3 Å². The maximum absolute atomic E-state index is 9.09. The van der Waals surface area contributed by atoms with Crippen molar-refractivity contribution in [1.82, 2.24) is 4.90 Å². The molecule has 1 unspecified atom stereocenters. The van der Waals surface area contributed by atoms with Crippen LogP contribution in [0.3, 0.4) is 0 Å². The maximum atomic E-state index is 9.09. The van der Waals surface area contributed by atoms with Crippen molar-refractivity contribution in [3.63, 3.8) is 0 Å². The highest BCUT2D eigenvalue weighted by atomic mass is 16.3. The molecular formula is C10H21NO. The van der Waals surface area contributed by atoms with Crippen molar-refractivity contribution in [1.29, 1.82) is 0 Å². The minimum atomic E-state index is 0.365. The zero-order valence-corrected chi connectivity index (χ0v) is 8.13. The Morgan fingerprint density at radius 1 is 1.33 bits per heavy atom. The molecule has 1 fully saturated rings. The summed E-state index contributed by atoms with van der Waals surface area (Å²) >= 11 is 0. The van der Waals surface area contributed by atoms with Gasteiger partial charge < -0.3 is 10.0 Å². The molecule has 0 aromatic heterocycles. The van der Waals surface area contributed by atoms with Crippen molar-refractivity contribution in [2.24, 2.45) is 5.92 Å². The van der Waals surface area contributed by atoms with E-state index in [9.17, 15) is 0 Å². The van der Waals surface area contributed by atoms with E-state index in [0.717, 1.165) is 6.54 Å². The Hall–Kier alpha value is -0.0800. The average Bonchev–Trinajstić information content (AvgIpc) is 2.56. The van der Waals surface area contributed by atoms with Crippen molar-refractivity contribution >= 4 is 0 Å². The van der Waals surface area contributed by atoms with Crippen molar-refractivity contribution in [3.8, 4) is 0 Å². The molecule has 0 amide bonds. The fraction of sp³-hybridized carbons (Fsp3) is 1.00. The smallest absolute Gasteiger partial charge is 0.0471 e. The zero-order valence-electron chi connectivity index (χ0n) is 8.13. The van der Waals surface area contributed by atoms with E-state index in [0.29, 0.717) is 12.5 Å². The molecule has 0 radical (unpaired) electrons. The third kappa shape index (κ3) is 3.11. The molecule has 1 atom stereocenters. The Balaban J connectivity index is 2.16. The normalized spacial score (nSPS) is 21.5. The standard InChI is InChI=1S/C10H21NO/c1-2-5-10(9-12)8-11-6-3-4-7-11/h10,12H,2-9H2,1H3. The summed E-state index contributed by atoms with van der Waals surface area (Å²) in [7, 11) is 0. The van der Waals surface area contributed by atoms with Gasteiger partial charge in [-0.1, -0.05) is 13.3 Å². The minimum absolute atomic E-state index is 0.365. The van der Waals surface area contributed by atoms with E-state index < -0.39 is 0 Å². The van der Waals surface area contributed by atoms with Gasteiger partial charge in [0.15, 0.2) is 0 Å². The summed E-state index contributed by atoms with van der Waals surface area (Å²) in [6.45, 7) is 6.17. The average molecular weight is 171 g/mol. The monoisotopic (exact) mass is 171 g/mol. The molecule has 0 aliphatic carbocycles. The molecule has 1 heterocycles. The molecule has 0 aromatic carbocycles. The molecule has 1 aliphatic rings. The predicted octanol–water partition coefficient (Wildman–Crippen LogP) is 1.49. The van der Waals surface area contributed by atoms with Gasteiger partial charge in [0.2, 0.25) is 0 Å². The number of hydrogen-bond donors (Lipinski definition) is 1. The third-order valence-corrected chi connectivity index (χ3v) is 2.67. The molecule has 0 saturated carbocycles. The third-order valence-electron chi connectivity index (χ3n) is 2.67. The van der Waals surface area contributed by atoms with Crippen LogP contribution < -0.4 is 0 Å². The fourth-order valence-corrected chi connectivity index (χ4v) is 1.98. The Bertz CT molecular complexity index is 110. The van der Waals surface area contributed by atoms with E-state index in [1.165, 1.54) is 38.8 Å². The number of aliphatic hydroxyl groups is 1. The molecule has 1 N–H and O–H groups in total. The lowest BCUT2D eigenvalue weighted by atomic mass is 10.0. The number of likely N-dealkylation sites (tertiary alicyclic amines) is 1. The second-order valence-electron chi connectivity index (χ2n) is 3.84. The number of hydrogen-bond acceptors (Lipinski definition) is 2.